The Bertz CT molecular complexity index is 764. The molecule has 0 saturated heterocycles. The van der Waals surface area contributed by atoms with Crippen molar-refractivity contribution in [1.82, 2.24) is 0 Å². The molecule has 0 saturated carbocycles. The molecule has 2 aromatic rings. The summed E-state index contributed by atoms with van der Waals surface area (Å²) < 4.78 is 103. The molecule has 2 N–H and O–H groups in total. The first-order valence-corrected chi connectivity index (χ1v) is 8.61. The van der Waals surface area contributed by atoms with Crippen LogP contribution in [0.3, 0.4) is 0 Å². The Hall–Kier alpha value is -1.06. The summed E-state index contributed by atoms with van der Waals surface area (Å²) in [6.07, 6.45) is -9.75. The molecule has 0 spiro atoms. The number of nitrogens with one attached hydrogen (secondary N) is 2. The molecule has 0 aliphatic carbocycles. The summed E-state index contributed by atoms with van der Waals surface area (Å²) in [4.78, 5) is 0. The van der Waals surface area contributed by atoms with Crippen molar-refractivity contribution >= 4 is 56.6 Å². The summed E-state index contributed by atoms with van der Waals surface area (Å²) in [6, 6.07) is 2.28. The topological polar surface area (TPSA) is 24.1 Å². The molecule has 0 aliphatic rings. The quantitative estimate of drug-likeness (QED) is 0.232. The second kappa shape index (κ2) is 7.52. The number of hydrogen-bond acceptors (Lipinski definition) is 2. The first-order chi connectivity index (χ1) is 11.8. The third-order valence-corrected chi connectivity index (χ3v) is 4.84. The average molecular weight is 608 g/mol. The van der Waals surface area contributed by atoms with Gasteiger partial charge in [-0.15, -0.1) is 0 Å². The minimum atomic E-state index is -4.87. The third kappa shape index (κ3) is 4.80. The van der Waals surface area contributed by atoms with E-state index >= 15 is 0 Å². The monoisotopic (exact) mass is 608 g/mol. The fraction of sp³-hybridized carbons (Fsp3) is 0.143. The lowest BCUT2D eigenvalue weighted by Crippen LogP contribution is -2.15. The largest absolute Gasteiger partial charge is 0.419 e. The van der Waals surface area contributed by atoms with Gasteiger partial charge < -0.3 is 0 Å². The van der Waals surface area contributed by atoms with Crippen LogP contribution < -0.4 is 10.9 Å². The molecule has 0 aromatic heterocycles. The Kier molecular flexibility index (Phi) is 6.14. The molecule has 0 fully saturated rings. The van der Waals surface area contributed by atoms with E-state index in [1.807, 2.05) is 0 Å². The van der Waals surface area contributed by atoms with E-state index in [0.29, 0.717) is 24.3 Å². The molecule has 2 nitrogen and oxygen atoms in total. The lowest BCUT2D eigenvalue weighted by molar-refractivity contribution is -0.140. The van der Waals surface area contributed by atoms with Crippen molar-refractivity contribution in [3.8, 4) is 0 Å². The third-order valence-electron chi connectivity index (χ3n) is 3.06. The highest BCUT2D eigenvalue weighted by Crippen LogP contribution is 2.36. The van der Waals surface area contributed by atoms with Crippen molar-refractivity contribution < 1.29 is 35.1 Å². The molecule has 2 aromatic carbocycles. The number of hydrogen-bond donors (Lipinski definition) is 2. The zero-order valence-corrected chi connectivity index (χ0v) is 16.4. The molecule has 0 aliphatic heterocycles. The summed E-state index contributed by atoms with van der Waals surface area (Å²) in [5.41, 5.74) is 1.59. The standard InChI is InChI=1S/C14H6F8I2N2/c15-7-3-11(9(23)1-5(7)13(17,18)19)25-26-12-4-8(16)6(2-10(12)24)14(20,21)22/h1-4,25-26H. The zero-order valence-electron chi connectivity index (χ0n) is 12.1. The van der Waals surface area contributed by atoms with E-state index in [2.05, 4.69) is 10.9 Å². The molecule has 142 valence electrons. The van der Waals surface area contributed by atoms with Gasteiger partial charge in [0.1, 0.15) is 11.6 Å². The van der Waals surface area contributed by atoms with Crippen LogP contribution in [0.1, 0.15) is 11.1 Å². The van der Waals surface area contributed by atoms with Crippen molar-refractivity contribution in [2.75, 3.05) is 10.9 Å². The summed E-state index contributed by atoms with van der Waals surface area (Å²) >= 11 is 3.05. The van der Waals surface area contributed by atoms with Gasteiger partial charge in [-0.05, 0) is 57.3 Å². The smallest absolute Gasteiger partial charge is 0.300 e. The second-order valence-electron chi connectivity index (χ2n) is 4.87. The number of rotatable bonds is 3. The van der Waals surface area contributed by atoms with Crippen molar-refractivity contribution in [2.24, 2.45) is 0 Å². The van der Waals surface area contributed by atoms with E-state index in [1.54, 1.807) is 0 Å². The number of benzene rings is 2. The number of hydrazine groups is 1. The van der Waals surface area contributed by atoms with Crippen LogP contribution in [0.2, 0.25) is 0 Å². The molecule has 2 rings (SSSR count). The van der Waals surface area contributed by atoms with E-state index < -0.39 is 35.1 Å². The minimum absolute atomic E-state index is 0.00813. The molecular formula is C14H6F8I2N2. The number of anilines is 2. The maximum Gasteiger partial charge on any atom is 0.419 e. The van der Waals surface area contributed by atoms with Gasteiger partial charge in [-0.1, -0.05) is 0 Å². The molecule has 12 heteroatoms. The molecule has 0 atom stereocenters. The van der Waals surface area contributed by atoms with Gasteiger partial charge >= 0.3 is 12.4 Å². The molecule has 0 amide bonds. The zero-order chi connectivity index (χ0) is 19.9. The van der Waals surface area contributed by atoms with E-state index in [-0.39, 0.29) is 18.5 Å². The van der Waals surface area contributed by atoms with Crippen molar-refractivity contribution in [3.63, 3.8) is 0 Å². The van der Waals surface area contributed by atoms with Crippen LogP contribution in [-0.2, 0) is 12.4 Å². The summed E-state index contributed by atoms with van der Waals surface area (Å²) in [5, 5.41) is 0. The molecule has 0 radical (unpaired) electrons. The van der Waals surface area contributed by atoms with Gasteiger partial charge in [0.25, 0.3) is 0 Å². The van der Waals surface area contributed by atoms with E-state index in [1.165, 1.54) is 45.2 Å². The van der Waals surface area contributed by atoms with Crippen LogP contribution >= 0.6 is 45.2 Å². The van der Waals surface area contributed by atoms with Crippen LogP contribution in [0, 0.1) is 18.8 Å². The number of alkyl halides is 6. The summed E-state index contributed by atoms with van der Waals surface area (Å²) in [5.74, 6) is -3.06. The molecule has 0 unspecified atom stereocenters. The van der Waals surface area contributed by atoms with Crippen molar-refractivity contribution in [1.29, 1.82) is 0 Å². The van der Waals surface area contributed by atoms with E-state index in [0.717, 1.165) is 0 Å². The van der Waals surface area contributed by atoms with Crippen LogP contribution in [-0.4, -0.2) is 0 Å². The van der Waals surface area contributed by atoms with Crippen LogP contribution in [0.5, 0.6) is 0 Å². The normalized spacial score (nSPS) is 12.2. The summed E-state index contributed by atoms with van der Waals surface area (Å²) in [7, 11) is 0. The van der Waals surface area contributed by atoms with Gasteiger partial charge in [0.15, 0.2) is 0 Å². The molecule has 26 heavy (non-hydrogen) atoms. The fourth-order valence-corrected chi connectivity index (χ4v) is 3.06. The van der Waals surface area contributed by atoms with Gasteiger partial charge in [0.2, 0.25) is 0 Å². The molecular weight excluding hydrogens is 602 g/mol. The minimum Gasteiger partial charge on any atom is -0.300 e. The highest BCUT2D eigenvalue weighted by atomic mass is 127. The first kappa shape index (κ1) is 21.2. The molecule has 0 bridgehead atoms. The SMILES string of the molecule is Fc1cc(NNc2cc(F)c(C(F)(F)F)cc2I)c(I)cc1C(F)(F)F. The number of halogens is 10. The predicted octanol–water partition coefficient (Wildman–Crippen LogP) is 6.65. The van der Waals surface area contributed by atoms with Gasteiger partial charge in [-0.2, -0.15) is 26.3 Å². The van der Waals surface area contributed by atoms with Gasteiger partial charge in [-0.25, -0.2) is 8.78 Å². The lowest BCUT2D eigenvalue weighted by Gasteiger charge is -2.16. The maximum atomic E-state index is 13.6. The Labute approximate surface area is 168 Å². The van der Waals surface area contributed by atoms with Gasteiger partial charge in [0, 0.05) is 19.3 Å². The highest BCUT2D eigenvalue weighted by molar-refractivity contribution is 14.1. The molecule has 0 heterocycles. The Morgan fingerprint density at radius 3 is 1.19 bits per heavy atom. The van der Waals surface area contributed by atoms with Crippen LogP contribution in [0.4, 0.5) is 46.5 Å². The average Bonchev–Trinajstić information content (AvgIpc) is 2.48. The Morgan fingerprint density at radius 2 is 0.923 bits per heavy atom. The van der Waals surface area contributed by atoms with E-state index in [4.69, 9.17) is 0 Å². The van der Waals surface area contributed by atoms with Crippen LogP contribution in [0.15, 0.2) is 24.3 Å². The van der Waals surface area contributed by atoms with Crippen LogP contribution in [0.25, 0.3) is 0 Å². The van der Waals surface area contributed by atoms with Crippen molar-refractivity contribution in [2.45, 2.75) is 12.4 Å². The Balaban J connectivity index is 2.27. The summed E-state index contributed by atoms with van der Waals surface area (Å²) in [6.45, 7) is 0. The van der Waals surface area contributed by atoms with Gasteiger partial charge in [0.05, 0.1) is 22.5 Å². The highest BCUT2D eigenvalue weighted by Gasteiger charge is 2.35. The first-order valence-electron chi connectivity index (χ1n) is 6.45. The van der Waals surface area contributed by atoms with Crippen molar-refractivity contribution in [3.05, 3.63) is 54.2 Å². The maximum absolute atomic E-state index is 13.6. The van der Waals surface area contributed by atoms with Gasteiger partial charge in [-0.3, -0.25) is 10.9 Å². The fourth-order valence-electron chi connectivity index (χ4n) is 1.85. The second-order valence-corrected chi connectivity index (χ2v) is 7.19. The Morgan fingerprint density at radius 1 is 0.615 bits per heavy atom. The predicted molar refractivity (Wildman–Crippen MR) is 95.5 cm³/mol. The van der Waals surface area contributed by atoms with E-state index in [9.17, 15) is 35.1 Å². The lowest BCUT2D eigenvalue weighted by atomic mass is 10.2.